The minimum atomic E-state index is -0.587. The highest BCUT2D eigenvalue weighted by molar-refractivity contribution is 7.98. The zero-order valence-electron chi connectivity index (χ0n) is 14.8. The van der Waals surface area contributed by atoms with Crippen molar-refractivity contribution in [1.82, 2.24) is 25.0 Å². The summed E-state index contributed by atoms with van der Waals surface area (Å²) in [6, 6.07) is 6.81. The van der Waals surface area contributed by atoms with Crippen LogP contribution in [-0.4, -0.2) is 49.7 Å². The quantitative estimate of drug-likeness (QED) is 0.492. The molecule has 0 aliphatic heterocycles. The second-order valence-electron chi connectivity index (χ2n) is 5.37. The number of rotatable bonds is 6. The van der Waals surface area contributed by atoms with Crippen LogP contribution in [0.15, 0.2) is 29.4 Å². The number of esters is 1. The minimum absolute atomic E-state index is 0.342. The van der Waals surface area contributed by atoms with E-state index in [1.165, 1.54) is 23.1 Å². The summed E-state index contributed by atoms with van der Waals surface area (Å²) in [5.74, 6) is -0.310. The summed E-state index contributed by atoms with van der Waals surface area (Å²) in [5.41, 5.74) is 1.18. The van der Waals surface area contributed by atoms with E-state index in [1.54, 1.807) is 31.2 Å². The van der Waals surface area contributed by atoms with Crippen LogP contribution in [0.2, 0.25) is 0 Å². The lowest BCUT2D eigenvalue weighted by molar-refractivity contribution is -0.119. The molecule has 0 saturated heterocycles. The third-order valence-electron chi connectivity index (χ3n) is 3.45. The number of ether oxygens (including phenoxy) is 1. The number of thioether (sulfide) groups is 1. The largest absolute Gasteiger partial charge is 0.452 e. The summed E-state index contributed by atoms with van der Waals surface area (Å²) in [6.07, 6.45) is 1.92. The summed E-state index contributed by atoms with van der Waals surface area (Å²) in [4.78, 5) is 23.9. The zero-order valence-corrected chi connectivity index (χ0v) is 16.4. The van der Waals surface area contributed by atoms with E-state index in [2.05, 4.69) is 25.7 Å². The van der Waals surface area contributed by atoms with E-state index >= 15 is 0 Å². The van der Waals surface area contributed by atoms with Gasteiger partial charge in [0, 0.05) is 5.69 Å². The number of amides is 1. The third kappa shape index (κ3) is 4.49. The Morgan fingerprint density at radius 3 is 2.52 bits per heavy atom. The Morgan fingerprint density at radius 2 is 1.89 bits per heavy atom. The zero-order chi connectivity index (χ0) is 19.4. The van der Waals surface area contributed by atoms with E-state index in [1.807, 2.05) is 17.7 Å². The van der Waals surface area contributed by atoms with Crippen LogP contribution >= 0.6 is 23.1 Å². The molecular weight excluding hydrogens is 388 g/mol. The Kier molecular flexibility index (Phi) is 5.81. The average molecular weight is 404 g/mol. The first-order chi connectivity index (χ1) is 13.0. The number of benzene rings is 1. The fourth-order valence-corrected chi connectivity index (χ4v) is 3.39. The first-order valence-corrected chi connectivity index (χ1v) is 9.85. The molecular formula is C16H16N6O3S2. The molecule has 0 aliphatic rings. The molecule has 1 aromatic carbocycles. The van der Waals surface area contributed by atoms with Crippen LogP contribution in [0.1, 0.15) is 21.2 Å². The molecule has 0 saturated carbocycles. The average Bonchev–Trinajstić information content (AvgIpc) is 3.24. The van der Waals surface area contributed by atoms with Crippen molar-refractivity contribution < 1.29 is 14.3 Å². The third-order valence-corrected chi connectivity index (χ3v) is 4.83. The lowest BCUT2D eigenvalue weighted by atomic mass is 10.2. The predicted octanol–water partition coefficient (Wildman–Crippen LogP) is 2.25. The molecule has 0 aliphatic carbocycles. The Hall–Kier alpha value is -2.79. The number of aryl methyl sites for hydroxylation is 2. The summed E-state index contributed by atoms with van der Waals surface area (Å²) in [5, 5.41) is 20.1. The van der Waals surface area contributed by atoms with E-state index in [-0.39, 0.29) is 0 Å². The van der Waals surface area contributed by atoms with Gasteiger partial charge < -0.3 is 4.74 Å². The van der Waals surface area contributed by atoms with Gasteiger partial charge in [-0.3, -0.25) is 14.7 Å². The van der Waals surface area contributed by atoms with Crippen molar-refractivity contribution in [1.29, 1.82) is 0 Å². The van der Waals surface area contributed by atoms with Crippen LogP contribution in [-0.2, 0) is 9.53 Å². The Labute approximate surface area is 163 Å². The van der Waals surface area contributed by atoms with Crippen LogP contribution in [0, 0.1) is 13.8 Å². The maximum absolute atomic E-state index is 12.1. The van der Waals surface area contributed by atoms with Crippen molar-refractivity contribution in [2.24, 2.45) is 0 Å². The standard InChI is InChI=1S/C16H16N6O3S2/c1-9-18-21-16(26-3)22(9)12-6-4-11(5-7-12)14(24)25-8-13(23)17-15-20-19-10(2)27-15/h4-7H,8H2,1-3H3,(H,17,20,23). The van der Waals surface area contributed by atoms with Gasteiger partial charge in [-0.25, -0.2) is 4.79 Å². The van der Waals surface area contributed by atoms with E-state index in [0.717, 1.165) is 21.7 Å². The van der Waals surface area contributed by atoms with Crippen LogP contribution in [0.3, 0.4) is 0 Å². The first-order valence-electron chi connectivity index (χ1n) is 7.81. The molecule has 1 N–H and O–H groups in total. The molecule has 0 radical (unpaired) electrons. The first kappa shape index (κ1) is 19.0. The fraction of sp³-hybridized carbons (Fsp3) is 0.250. The van der Waals surface area contributed by atoms with Crippen molar-refractivity contribution in [2.75, 3.05) is 18.2 Å². The van der Waals surface area contributed by atoms with Crippen LogP contribution in [0.25, 0.3) is 5.69 Å². The highest BCUT2D eigenvalue weighted by Crippen LogP contribution is 2.20. The highest BCUT2D eigenvalue weighted by atomic mass is 32.2. The SMILES string of the molecule is CSc1nnc(C)n1-c1ccc(C(=O)OCC(=O)Nc2nnc(C)s2)cc1. The highest BCUT2D eigenvalue weighted by Gasteiger charge is 2.14. The predicted molar refractivity (Wildman–Crippen MR) is 101 cm³/mol. The second kappa shape index (κ2) is 8.27. The lowest BCUT2D eigenvalue weighted by Gasteiger charge is -2.08. The number of aromatic nitrogens is 5. The van der Waals surface area contributed by atoms with Gasteiger partial charge in [-0.2, -0.15) is 0 Å². The molecule has 27 heavy (non-hydrogen) atoms. The van der Waals surface area contributed by atoms with Gasteiger partial charge in [-0.15, -0.1) is 20.4 Å². The van der Waals surface area contributed by atoms with Crippen molar-refractivity contribution in [3.63, 3.8) is 0 Å². The minimum Gasteiger partial charge on any atom is -0.452 e. The summed E-state index contributed by atoms with van der Waals surface area (Å²) >= 11 is 2.72. The van der Waals surface area contributed by atoms with Crippen LogP contribution in [0.4, 0.5) is 5.13 Å². The van der Waals surface area contributed by atoms with E-state index in [0.29, 0.717) is 10.7 Å². The van der Waals surface area contributed by atoms with Gasteiger partial charge in [0.2, 0.25) is 5.13 Å². The van der Waals surface area contributed by atoms with Gasteiger partial charge in [-0.05, 0) is 44.4 Å². The molecule has 0 unspecified atom stereocenters. The van der Waals surface area contributed by atoms with E-state index < -0.39 is 18.5 Å². The molecule has 0 bridgehead atoms. The topological polar surface area (TPSA) is 112 Å². The van der Waals surface area contributed by atoms with E-state index in [9.17, 15) is 9.59 Å². The Balaban J connectivity index is 1.60. The molecule has 11 heteroatoms. The monoisotopic (exact) mass is 404 g/mol. The Bertz CT molecular complexity index is 967. The maximum atomic E-state index is 12.1. The molecule has 1 amide bonds. The van der Waals surface area contributed by atoms with Gasteiger partial charge in [0.1, 0.15) is 10.8 Å². The van der Waals surface area contributed by atoms with Crippen LogP contribution < -0.4 is 5.32 Å². The van der Waals surface area contributed by atoms with Crippen molar-refractivity contribution in [3.05, 3.63) is 40.7 Å². The summed E-state index contributed by atoms with van der Waals surface area (Å²) < 4.78 is 6.92. The van der Waals surface area contributed by atoms with Gasteiger partial charge in [0.05, 0.1) is 5.56 Å². The molecule has 9 nitrogen and oxygen atoms in total. The molecule has 3 aromatic rings. The molecule has 3 rings (SSSR count). The lowest BCUT2D eigenvalue weighted by Crippen LogP contribution is -2.20. The number of carbonyl (C=O) groups excluding carboxylic acids is 2. The molecule has 140 valence electrons. The smallest absolute Gasteiger partial charge is 0.338 e. The molecule has 0 spiro atoms. The van der Waals surface area contributed by atoms with Crippen molar-refractivity contribution >= 4 is 40.1 Å². The normalized spacial score (nSPS) is 10.6. The molecule has 0 atom stereocenters. The van der Waals surface area contributed by atoms with Gasteiger partial charge >= 0.3 is 5.97 Å². The van der Waals surface area contributed by atoms with Crippen molar-refractivity contribution in [2.45, 2.75) is 19.0 Å². The van der Waals surface area contributed by atoms with Crippen LogP contribution in [0.5, 0.6) is 0 Å². The van der Waals surface area contributed by atoms with Gasteiger partial charge in [0.25, 0.3) is 5.91 Å². The Morgan fingerprint density at radius 1 is 1.15 bits per heavy atom. The van der Waals surface area contributed by atoms with E-state index in [4.69, 9.17) is 4.74 Å². The summed E-state index contributed by atoms with van der Waals surface area (Å²) in [6.45, 7) is 3.23. The molecule has 2 aromatic heterocycles. The summed E-state index contributed by atoms with van der Waals surface area (Å²) in [7, 11) is 0. The van der Waals surface area contributed by atoms with Gasteiger partial charge in [-0.1, -0.05) is 23.1 Å². The van der Waals surface area contributed by atoms with Crippen molar-refractivity contribution in [3.8, 4) is 5.69 Å². The number of carbonyl (C=O) groups is 2. The number of anilines is 1. The molecule has 0 fully saturated rings. The maximum Gasteiger partial charge on any atom is 0.338 e. The number of nitrogens with zero attached hydrogens (tertiary/aromatic N) is 5. The van der Waals surface area contributed by atoms with Gasteiger partial charge in [0.15, 0.2) is 11.8 Å². The number of nitrogens with one attached hydrogen (secondary N) is 1. The number of hydrogen-bond acceptors (Lipinski definition) is 9. The second-order valence-corrected chi connectivity index (χ2v) is 7.32. The number of hydrogen-bond donors (Lipinski definition) is 1. The molecule has 2 heterocycles. The fourth-order valence-electron chi connectivity index (χ4n) is 2.24.